The molecule has 1 saturated heterocycles. The van der Waals surface area contributed by atoms with E-state index in [4.69, 9.17) is 4.99 Å². The predicted octanol–water partition coefficient (Wildman–Crippen LogP) is 2.83. The lowest BCUT2D eigenvalue weighted by Crippen LogP contribution is -2.51. The molecule has 1 aromatic carbocycles. The number of aliphatic imine (C=N–C) groups is 1. The second kappa shape index (κ2) is 9.86. The summed E-state index contributed by atoms with van der Waals surface area (Å²) in [7, 11) is 1.86. The molecule has 1 aromatic rings. The quantitative estimate of drug-likeness (QED) is 0.613. The van der Waals surface area contributed by atoms with Gasteiger partial charge in [-0.2, -0.15) is 11.8 Å². The number of nitrogens with zero attached hydrogens (tertiary/aromatic N) is 3. The zero-order valence-corrected chi connectivity index (χ0v) is 17.3. The van der Waals surface area contributed by atoms with Gasteiger partial charge >= 0.3 is 0 Å². The lowest BCUT2D eigenvalue weighted by atomic mass is 10.2. The molecular weight excluding hydrogens is 344 g/mol. The minimum absolute atomic E-state index is 0.128. The van der Waals surface area contributed by atoms with Crippen molar-refractivity contribution in [2.75, 3.05) is 39.0 Å². The Morgan fingerprint density at radius 1 is 1.35 bits per heavy atom. The molecule has 1 amide bonds. The van der Waals surface area contributed by atoms with Gasteiger partial charge in [0, 0.05) is 50.1 Å². The smallest absolute Gasteiger partial charge is 0.224 e. The van der Waals surface area contributed by atoms with Crippen LogP contribution < -0.4 is 5.32 Å². The van der Waals surface area contributed by atoms with E-state index in [1.807, 2.05) is 49.1 Å². The minimum Gasteiger partial charge on any atom is -0.357 e. The fraction of sp³-hybridized carbons (Fsp3) is 0.600. The average molecular weight is 377 g/mol. The third kappa shape index (κ3) is 6.56. The molecule has 1 N–H and O–H groups in total. The van der Waals surface area contributed by atoms with Gasteiger partial charge in [-0.3, -0.25) is 9.79 Å². The highest BCUT2D eigenvalue weighted by atomic mass is 32.2. The summed E-state index contributed by atoms with van der Waals surface area (Å²) in [5.41, 5.74) is 1.15. The van der Waals surface area contributed by atoms with Gasteiger partial charge in [0.05, 0.1) is 6.54 Å². The number of carbonyl (C=O) groups excluding carboxylic acids is 1. The van der Waals surface area contributed by atoms with Crippen LogP contribution in [0, 0.1) is 0 Å². The number of benzene rings is 1. The summed E-state index contributed by atoms with van der Waals surface area (Å²) in [5.74, 6) is 2.17. The van der Waals surface area contributed by atoms with Crippen LogP contribution in [0.5, 0.6) is 0 Å². The van der Waals surface area contributed by atoms with Crippen LogP contribution in [0.25, 0.3) is 0 Å². The summed E-state index contributed by atoms with van der Waals surface area (Å²) in [6.45, 7) is 10.6. The normalized spacial score (nSPS) is 17.1. The standard InChI is InChI=1S/C20H32N4OS/c1-5-21-19(24-13-14-26-20(2,3)16-24)22-12-11-18(25)23(4)15-17-9-7-6-8-10-17/h6-10H,5,11-16H2,1-4H3,(H,21,22). The molecule has 2 rings (SSSR count). The van der Waals surface area contributed by atoms with Crippen LogP contribution >= 0.6 is 11.8 Å². The number of hydrogen-bond acceptors (Lipinski definition) is 3. The molecule has 0 aromatic heterocycles. The van der Waals surface area contributed by atoms with Gasteiger partial charge in [-0.05, 0) is 26.3 Å². The van der Waals surface area contributed by atoms with Gasteiger partial charge in [0.1, 0.15) is 0 Å². The average Bonchev–Trinajstić information content (AvgIpc) is 2.60. The first kappa shape index (κ1) is 20.6. The highest BCUT2D eigenvalue weighted by molar-refractivity contribution is 8.00. The van der Waals surface area contributed by atoms with Crippen molar-refractivity contribution >= 4 is 23.6 Å². The maximum atomic E-state index is 12.4. The van der Waals surface area contributed by atoms with Crippen molar-refractivity contribution in [2.45, 2.75) is 38.5 Å². The first-order chi connectivity index (χ1) is 12.4. The van der Waals surface area contributed by atoms with Crippen LogP contribution in [-0.2, 0) is 11.3 Å². The molecule has 0 spiro atoms. The lowest BCUT2D eigenvalue weighted by molar-refractivity contribution is -0.130. The second-order valence-corrected chi connectivity index (χ2v) is 9.05. The molecular formula is C20H32N4OS. The Balaban J connectivity index is 1.87. The number of thioether (sulfide) groups is 1. The molecule has 1 aliphatic heterocycles. The molecule has 1 aliphatic rings. The van der Waals surface area contributed by atoms with E-state index in [2.05, 4.69) is 31.0 Å². The van der Waals surface area contributed by atoms with Crippen molar-refractivity contribution in [2.24, 2.45) is 4.99 Å². The van der Waals surface area contributed by atoms with Gasteiger partial charge in [0.25, 0.3) is 0 Å². The molecule has 0 atom stereocenters. The van der Waals surface area contributed by atoms with Crippen LogP contribution in [0.4, 0.5) is 0 Å². The molecule has 26 heavy (non-hydrogen) atoms. The molecule has 5 nitrogen and oxygen atoms in total. The van der Waals surface area contributed by atoms with Gasteiger partial charge in [0.15, 0.2) is 5.96 Å². The van der Waals surface area contributed by atoms with Gasteiger partial charge in [0.2, 0.25) is 5.91 Å². The Bertz CT molecular complexity index is 603. The number of nitrogens with one attached hydrogen (secondary N) is 1. The van der Waals surface area contributed by atoms with Crippen molar-refractivity contribution in [1.82, 2.24) is 15.1 Å². The topological polar surface area (TPSA) is 47.9 Å². The fourth-order valence-corrected chi connectivity index (χ4v) is 4.13. The second-order valence-electron chi connectivity index (χ2n) is 7.25. The maximum absolute atomic E-state index is 12.4. The molecule has 0 radical (unpaired) electrons. The van der Waals surface area contributed by atoms with E-state index in [0.717, 1.165) is 36.9 Å². The zero-order valence-electron chi connectivity index (χ0n) is 16.5. The third-order valence-electron chi connectivity index (χ3n) is 4.34. The van der Waals surface area contributed by atoms with E-state index < -0.39 is 0 Å². The molecule has 0 bridgehead atoms. The molecule has 0 saturated carbocycles. The van der Waals surface area contributed by atoms with Crippen LogP contribution in [0.15, 0.2) is 35.3 Å². The maximum Gasteiger partial charge on any atom is 0.224 e. The summed E-state index contributed by atoms with van der Waals surface area (Å²) in [4.78, 5) is 21.2. The Kier molecular flexibility index (Phi) is 7.82. The Hall–Kier alpha value is -1.69. The summed E-state index contributed by atoms with van der Waals surface area (Å²) in [6.07, 6.45) is 0.435. The van der Waals surface area contributed by atoms with Crippen LogP contribution in [-0.4, -0.2) is 65.4 Å². The first-order valence-corrected chi connectivity index (χ1v) is 10.3. The molecule has 0 unspecified atom stereocenters. The van der Waals surface area contributed by atoms with E-state index >= 15 is 0 Å². The summed E-state index contributed by atoms with van der Waals surface area (Å²) in [5, 5.41) is 3.37. The number of carbonyl (C=O) groups is 1. The molecule has 144 valence electrons. The number of hydrogen-bond donors (Lipinski definition) is 1. The molecule has 1 heterocycles. The molecule has 1 fully saturated rings. The van der Waals surface area contributed by atoms with Crippen molar-refractivity contribution in [1.29, 1.82) is 0 Å². The zero-order chi connectivity index (χ0) is 19.0. The van der Waals surface area contributed by atoms with Crippen LogP contribution in [0.3, 0.4) is 0 Å². The van der Waals surface area contributed by atoms with Gasteiger partial charge < -0.3 is 15.1 Å². The highest BCUT2D eigenvalue weighted by Gasteiger charge is 2.28. The van der Waals surface area contributed by atoms with Crippen molar-refractivity contribution in [3.05, 3.63) is 35.9 Å². The van der Waals surface area contributed by atoms with E-state index in [-0.39, 0.29) is 10.7 Å². The fourth-order valence-electron chi connectivity index (χ4n) is 3.02. The van der Waals surface area contributed by atoms with E-state index in [1.54, 1.807) is 4.90 Å². The minimum atomic E-state index is 0.128. The third-order valence-corrected chi connectivity index (χ3v) is 5.63. The van der Waals surface area contributed by atoms with E-state index in [1.165, 1.54) is 0 Å². The Labute approximate surface area is 162 Å². The van der Waals surface area contributed by atoms with Gasteiger partial charge in [-0.1, -0.05) is 30.3 Å². The van der Waals surface area contributed by atoms with E-state index in [9.17, 15) is 4.79 Å². The Morgan fingerprint density at radius 3 is 2.73 bits per heavy atom. The number of guanidine groups is 1. The SMILES string of the molecule is CCNC(=NCCC(=O)N(C)Cc1ccccc1)N1CCSC(C)(C)C1. The van der Waals surface area contributed by atoms with Crippen molar-refractivity contribution in [3.63, 3.8) is 0 Å². The van der Waals surface area contributed by atoms with Gasteiger partial charge in [-0.15, -0.1) is 0 Å². The number of amides is 1. The van der Waals surface area contributed by atoms with Crippen LogP contribution in [0.2, 0.25) is 0 Å². The van der Waals surface area contributed by atoms with Crippen molar-refractivity contribution in [3.8, 4) is 0 Å². The first-order valence-electron chi connectivity index (χ1n) is 9.36. The number of rotatable bonds is 6. The van der Waals surface area contributed by atoms with Crippen LogP contribution in [0.1, 0.15) is 32.8 Å². The van der Waals surface area contributed by atoms with E-state index in [0.29, 0.717) is 19.5 Å². The summed E-state index contributed by atoms with van der Waals surface area (Å²) >= 11 is 2.01. The monoisotopic (exact) mass is 376 g/mol. The highest BCUT2D eigenvalue weighted by Crippen LogP contribution is 2.29. The molecule has 0 aliphatic carbocycles. The van der Waals surface area contributed by atoms with Crippen molar-refractivity contribution < 1.29 is 4.79 Å². The largest absolute Gasteiger partial charge is 0.357 e. The summed E-state index contributed by atoms with van der Waals surface area (Å²) < 4.78 is 0.236. The Morgan fingerprint density at radius 2 is 2.08 bits per heavy atom. The summed E-state index contributed by atoms with van der Waals surface area (Å²) in [6, 6.07) is 10.1. The lowest BCUT2D eigenvalue weighted by Gasteiger charge is -2.39. The molecule has 6 heteroatoms. The predicted molar refractivity (Wildman–Crippen MR) is 112 cm³/mol. The van der Waals surface area contributed by atoms with Gasteiger partial charge in [-0.25, -0.2) is 0 Å².